The van der Waals surface area contributed by atoms with E-state index in [0.29, 0.717) is 6.04 Å². The van der Waals surface area contributed by atoms with Crippen molar-refractivity contribution in [2.24, 2.45) is 5.41 Å². The molecule has 2 aromatic carbocycles. The summed E-state index contributed by atoms with van der Waals surface area (Å²) in [6, 6.07) is 15.3. The van der Waals surface area contributed by atoms with Gasteiger partial charge < -0.3 is 5.32 Å². The highest BCUT2D eigenvalue weighted by molar-refractivity contribution is 5.86. The lowest BCUT2D eigenvalue weighted by Crippen LogP contribution is -2.18. The number of benzene rings is 2. The Labute approximate surface area is 134 Å². The predicted molar refractivity (Wildman–Crippen MR) is 96.7 cm³/mol. The van der Waals surface area contributed by atoms with Crippen LogP contribution in [0.5, 0.6) is 0 Å². The highest BCUT2D eigenvalue weighted by atomic mass is 14.9. The van der Waals surface area contributed by atoms with E-state index < -0.39 is 0 Å². The Morgan fingerprint density at radius 3 is 2.59 bits per heavy atom. The van der Waals surface area contributed by atoms with Gasteiger partial charge in [0.25, 0.3) is 0 Å². The molecule has 1 unspecified atom stereocenters. The SMILES string of the molecule is CC(NC/C=C/C#CC(C)(C)C)c1cccc2ccccc12. The maximum atomic E-state index is 3.53. The monoisotopic (exact) mass is 291 g/mol. The summed E-state index contributed by atoms with van der Waals surface area (Å²) in [6.07, 6.45) is 4.02. The molecule has 1 atom stereocenters. The van der Waals surface area contributed by atoms with Gasteiger partial charge in [-0.25, -0.2) is 0 Å². The van der Waals surface area contributed by atoms with E-state index in [2.05, 4.69) is 93.4 Å². The van der Waals surface area contributed by atoms with E-state index in [4.69, 9.17) is 0 Å². The van der Waals surface area contributed by atoms with Gasteiger partial charge in [-0.05, 0) is 50.1 Å². The van der Waals surface area contributed by atoms with Crippen LogP contribution in [0.15, 0.2) is 54.6 Å². The Morgan fingerprint density at radius 1 is 1.09 bits per heavy atom. The number of rotatable bonds is 4. The van der Waals surface area contributed by atoms with Gasteiger partial charge in [0.1, 0.15) is 0 Å². The molecule has 22 heavy (non-hydrogen) atoms. The molecule has 0 amide bonds. The molecule has 1 N–H and O–H groups in total. The standard InChI is InChI=1S/C21H25N/c1-17(22-16-9-5-8-15-21(2,3)4)19-14-10-12-18-11-6-7-13-20(18)19/h5-7,9-14,17,22H,16H2,1-4H3/b9-5+. The van der Waals surface area contributed by atoms with Crippen molar-refractivity contribution in [1.82, 2.24) is 5.32 Å². The van der Waals surface area contributed by atoms with Gasteiger partial charge in [-0.1, -0.05) is 60.4 Å². The molecule has 2 aromatic rings. The Bertz CT molecular complexity index is 702. The molecule has 0 aromatic heterocycles. The molecule has 0 heterocycles. The van der Waals surface area contributed by atoms with Gasteiger partial charge in [0.2, 0.25) is 0 Å². The second-order valence-corrected chi connectivity index (χ2v) is 6.62. The average molecular weight is 291 g/mol. The van der Waals surface area contributed by atoms with Crippen LogP contribution in [0.25, 0.3) is 10.8 Å². The highest BCUT2D eigenvalue weighted by Crippen LogP contribution is 2.23. The summed E-state index contributed by atoms with van der Waals surface area (Å²) in [5.74, 6) is 6.30. The van der Waals surface area contributed by atoms with Crippen LogP contribution in [-0.2, 0) is 0 Å². The Morgan fingerprint density at radius 2 is 1.82 bits per heavy atom. The quantitative estimate of drug-likeness (QED) is 0.773. The average Bonchev–Trinajstić information content (AvgIpc) is 2.49. The van der Waals surface area contributed by atoms with E-state index in [-0.39, 0.29) is 5.41 Å². The zero-order valence-corrected chi connectivity index (χ0v) is 14.0. The third-order valence-corrected chi connectivity index (χ3v) is 3.48. The van der Waals surface area contributed by atoms with Gasteiger partial charge in [-0.2, -0.15) is 0 Å². The third-order valence-electron chi connectivity index (χ3n) is 3.48. The van der Waals surface area contributed by atoms with Gasteiger partial charge in [0.15, 0.2) is 0 Å². The van der Waals surface area contributed by atoms with E-state index in [1.165, 1.54) is 16.3 Å². The first-order valence-electron chi connectivity index (χ1n) is 7.86. The Kier molecular flexibility index (Phi) is 5.41. The van der Waals surface area contributed by atoms with Crippen LogP contribution in [0.3, 0.4) is 0 Å². The minimum absolute atomic E-state index is 0.0635. The summed E-state index contributed by atoms with van der Waals surface area (Å²) in [4.78, 5) is 0. The summed E-state index contributed by atoms with van der Waals surface area (Å²) in [7, 11) is 0. The minimum atomic E-state index is 0.0635. The van der Waals surface area contributed by atoms with Crippen molar-refractivity contribution in [3.63, 3.8) is 0 Å². The predicted octanol–water partition coefficient (Wildman–Crippen LogP) is 5.10. The van der Waals surface area contributed by atoms with Crippen molar-refractivity contribution in [2.75, 3.05) is 6.54 Å². The molecular formula is C21H25N. The van der Waals surface area contributed by atoms with Crippen molar-refractivity contribution in [3.8, 4) is 11.8 Å². The molecule has 0 fully saturated rings. The summed E-state index contributed by atoms with van der Waals surface area (Å²) in [5, 5.41) is 6.15. The summed E-state index contributed by atoms with van der Waals surface area (Å²) >= 11 is 0. The summed E-state index contributed by atoms with van der Waals surface area (Å²) in [5.41, 5.74) is 1.40. The largest absolute Gasteiger partial charge is 0.307 e. The lowest BCUT2D eigenvalue weighted by Gasteiger charge is -2.15. The van der Waals surface area contributed by atoms with Crippen molar-refractivity contribution >= 4 is 10.8 Å². The van der Waals surface area contributed by atoms with Gasteiger partial charge in [-0.3, -0.25) is 0 Å². The van der Waals surface area contributed by atoms with Gasteiger partial charge in [-0.15, -0.1) is 0 Å². The molecule has 114 valence electrons. The van der Waals surface area contributed by atoms with E-state index >= 15 is 0 Å². The number of fused-ring (bicyclic) bond motifs is 1. The Hall–Kier alpha value is -2.04. The molecular weight excluding hydrogens is 266 g/mol. The molecule has 0 bridgehead atoms. The molecule has 0 radical (unpaired) electrons. The maximum absolute atomic E-state index is 3.53. The maximum Gasteiger partial charge on any atom is 0.0300 e. The van der Waals surface area contributed by atoms with Crippen molar-refractivity contribution in [1.29, 1.82) is 0 Å². The van der Waals surface area contributed by atoms with Crippen LogP contribution in [0.1, 0.15) is 39.3 Å². The van der Waals surface area contributed by atoms with Crippen molar-refractivity contribution in [2.45, 2.75) is 33.7 Å². The molecule has 1 nitrogen and oxygen atoms in total. The molecule has 1 heteroatoms. The first-order valence-corrected chi connectivity index (χ1v) is 7.86. The van der Waals surface area contributed by atoms with Gasteiger partial charge in [0, 0.05) is 18.0 Å². The highest BCUT2D eigenvalue weighted by Gasteiger charge is 2.07. The van der Waals surface area contributed by atoms with Crippen LogP contribution in [0.2, 0.25) is 0 Å². The Balaban J connectivity index is 1.98. The lowest BCUT2D eigenvalue weighted by molar-refractivity contribution is 0.571. The fourth-order valence-corrected chi connectivity index (χ4v) is 2.36. The minimum Gasteiger partial charge on any atom is -0.307 e. The number of hydrogen-bond acceptors (Lipinski definition) is 1. The third kappa shape index (κ3) is 4.76. The van der Waals surface area contributed by atoms with Crippen LogP contribution in [0, 0.1) is 17.3 Å². The number of allylic oxidation sites excluding steroid dienone is 1. The van der Waals surface area contributed by atoms with E-state index in [9.17, 15) is 0 Å². The van der Waals surface area contributed by atoms with E-state index in [0.717, 1.165) is 6.54 Å². The van der Waals surface area contributed by atoms with Crippen LogP contribution >= 0.6 is 0 Å². The second-order valence-electron chi connectivity index (χ2n) is 6.62. The van der Waals surface area contributed by atoms with Crippen LogP contribution < -0.4 is 5.32 Å². The second kappa shape index (κ2) is 7.29. The van der Waals surface area contributed by atoms with Gasteiger partial charge >= 0.3 is 0 Å². The molecule has 0 aliphatic carbocycles. The van der Waals surface area contributed by atoms with Gasteiger partial charge in [0.05, 0.1) is 0 Å². The molecule has 2 rings (SSSR count). The smallest absolute Gasteiger partial charge is 0.0300 e. The number of nitrogens with one attached hydrogen (secondary N) is 1. The molecule has 0 spiro atoms. The topological polar surface area (TPSA) is 12.0 Å². The first-order chi connectivity index (χ1) is 10.5. The van der Waals surface area contributed by atoms with Crippen LogP contribution in [0.4, 0.5) is 0 Å². The zero-order chi connectivity index (χ0) is 16.0. The zero-order valence-electron chi connectivity index (χ0n) is 14.0. The van der Waals surface area contributed by atoms with E-state index in [1.54, 1.807) is 0 Å². The van der Waals surface area contributed by atoms with Crippen LogP contribution in [-0.4, -0.2) is 6.54 Å². The molecule has 0 aliphatic rings. The molecule has 0 aliphatic heterocycles. The summed E-state index contributed by atoms with van der Waals surface area (Å²) < 4.78 is 0. The molecule has 0 saturated heterocycles. The van der Waals surface area contributed by atoms with Crippen molar-refractivity contribution in [3.05, 3.63) is 60.2 Å². The fourth-order valence-electron chi connectivity index (χ4n) is 2.36. The van der Waals surface area contributed by atoms with E-state index in [1.807, 2.05) is 6.08 Å². The fraction of sp³-hybridized carbons (Fsp3) is 0.333. The molecule has 0 saturated carbocycles. The summed E-state index contributed by atoms with van der Waals surface area (Å²) in [6.45, 7) is 9.39. The lowest BCUT2D eigenvalue weighted by atomic mass is 9.98. The number of hydrogen-bond donors (Lipinski definition) is 1. The normalized spacial score (nSPS) is 13.1. The van der Waals surface area contributed by atoms with Crippen molar-refractivity contribution < 1.29 is 0 Å². The first kappa shape index (κ1) is 16.3.